The minimum absolute atomic E-state index is 0.00643. The van der Waals surface area contributed by atoms with Crippen LogP contribution in [0.15, 0.2) is 22.8 Å². The standard InChI is InChI=1S/C13H19N3O3/c17-12(10-4-1-2-6-14-10)15-7-8-16-13(18)11-5-3-9-19-11/h3,5,9-10,14H,1-2,4,6-8H2,(H,15,17)(H,16,18). The van der Waals surface area contributed by atoms with Gasteiger partial charge in [0.05, 0.1) is 12.3 Å². The third kappa shape index (κ3) is 4.10. The molecule has 1 aromatic rings. The predicted molar refractivity (Wildman–Crippen MR) is 69.7 cm³/mol. The van der Waals surface area contributed by atoms with Gasteiger partial charge in [0.15, 0.2) is 5.76 Å². The molecule has 19 heavy (non-hydrogen) atoms. The maximum Gasteiger partial charge on any atom is 0.287 e. The highest BCUT2D eigenvalue weighted by molar-refractivity contribution is 5.91. The molecule has 0 saturated carbocycles. The molecule has 1 atom stereocenters. The zero-order valence-electron chi connectivity index (χ0n) is 10.8. The van der Waals surface area contributed by atoms with Gasteiger partial charge in [-0.3, -0.25) is 9.59 Å². The summed E-state index contributed by atoms with van der Waals surface area (Å²) >= 11 is 0. The predicted octanol–water partition coefficient (Wildman–Crippen LogP) is 0.268. The molecule has 3 N–H and O–H groups in total. The normalized spacial score (nSPS) is 18.8. The number of hydrogen-bond donors (Lipinski definition) is 3. The molecular formula is C13H19N3O3. The molecule has 2 rings (SSSR count). The molecule has 1 saturated heterocycles. The molecule has 0 aliphatic carbocycles. The highest BCUT2D eigenvalue weighted by Gasteiger charge is 2.19. The highest BCUT2D eigenvalue weighted by atomic mass is 16.3. The Bertz CT molecular complexity index is 411. The van der Waals surface area contributed by atoms with Gasteiger partial charge in [-0.05, 0) is 31.5 Å². The second kappa shape index (κ2) is 6.94. The number of piperidine rings is 1. The van der Waals surface area contributed by atoms with Gasteiger partial charge in [0.2, 0.25) is 5.91 Å². The number of amides is 2. The second-order valence-corrected chi connectivity index (χ2v) is 4.53. The summed E-state index contributed by atoms with van der Waals surface area (Å²) in [5.41, 5.74) is 0. The minimum atomic E-state index is -0.268. The van der Waals surface area contributed by atoms with Crippen LogP contribution < -0.4 is 16.0 Å². The van der Waals surface area contributed by atoms with Gasteiger partial charge in [-0.15, -0.1) is 0 Å². The van der Waals surface area contributed by atoms with Crippen molar-refractivity contribution in [2.45, 2.75) is 25.3 Å². The van der Waals surface area contributed by atoms with Gasteiger partial charge in [0.1, 0.15) is 0 Å². The van der Waals surface area contributed by atoms with E-state index in [1.807, 2.05) is 0 Å². The summed E-state index contributed by atoms with van der Waals surface area (Å²) in [5.74, 6) is 0.0160. The number of rotatable bonds is 5. The van der Waals surface area contributed by atoms with E-state index >= 15 is 0 Å². The molecular weight excluding hydrogens is 246 g/mol. The fourth-order valence-corrected chi connectivity index (χ4v) is 2.06. The number of furan rings is 1. The van der Waals surface area contributed by atoms with Crippen LogP contribution in [0.25, 0.3) is 0 Å². The van der Waals surface area contributed by atoms with Crippen molar-refractivity contribution in [3.05, 3.63) is 24.2 Å². The van der Waals surface area contributed by atoms with Crippen molar-refractivity contribution in [2.24, 2.45) is 0 Å². The van der Waals surface area contributed by atoms with Crippen LogP contribution in [0.5, 0.6) is 0 Å². The third-order valence-electron chi connectivity index (χ3n) is 3.08. The van der Waals surface area contributed by atoms with Crippen molar-refractivity contribution in [1.29, 1.82) is 0 Å². The minimum Gasteiger partial charge on any atom is -0.459 e. The molecule has 0 bridgehead atoms. The number of nitrogens with one attached hydrogen (secondary N) is 3. The highest BCUT2D eigenvalue weighted by Crippen LogP contribution is 2.06. The fourth-order valence-electron chi connectivity index (χ4n) is 2.06. The van der Waals surface area contributed by atoms with E-state index in [-0.39, 0.29) is 23.6 Å². The maximum absolute atomic E-state index is 11.8. The molecule has 0 spiro atoms. The molecule has 1 aliphatic rings. The summed E-state index contributed by atoms with van der Waals surface area (Å²) in [6.07, 6.45) is 4.54. The van der Waals surface area contributed by atoms with Crippen molar-refractivity contribution < 1.29 is 14.0 Å². The third-order valence-corrected chi connectivity index (χ3v) is 3.08. The Morgan fingerprint density at radius 2 is 2.16 bits per heavy atom. The molecule has 1 fully saturated rings. The van der Waals surface area contributed by atoms with E-state index in [2.05, 4.69) is 16.0 Å². The smallest absolute Gasteiger partial charge is 0.287 e. The zero-order valence-corrected chi connectivity index (χ0v) is 10.8. The van der Waals surface area contributed by atoms with Crippen LogP contribution in [0.1, 0.15) is 29.8 Å². The Labute approximate surface area is 111 Å². The second-order valence-electron chi connectivity index (χ2n) is 4.53. The van der Waals surface area contributed by atoms with E-state index in [4.69, 9.17) is 4.42 Å². The van der Waals surface area contributed by atoms with E-state index in [1.54, 1.807) is 12.1 Å². The van der Waals surface area contributed by atoms with Crippen molar-refractivity contribution in [3.63, 3.8) is 0 Å². The van der Waals surface area contributed by atoms with Gasteiger partial charge in [0.25, 0.3) is 5.91 Å². The summed E-state index contributed by atoms with van der Waals surface area (Å²) in [6, 6.07) is 3.17. The topological polar surface area (TPSA) is 83.4 Å². The van der Waals surface area contributed by atoms with Crippen molar-refractivity contribution in [3.8, 4) is 0 Å². The molecule has 2 heterocycles. The monoisotopic (exact) mass is 265 g/mol. The molecule has 6 heteroatoms. The lowest BCUT2D eigenvalue weighted by atomic mass is 10.0. The van der Waals surface area contributed by atoms with E-state index < -0.39 is 0 Å². The maximum atomic E-state index is 11.8. The lowest BCUT2D eigenvalue weighted by Crippen LogP contribution is -2.48. The molecule has 2 amide bonds. The summed E-state index contributed by atoms with van der Waals surface area (Å²) in [6.45, 7) is 1.70. The van der Waals surface area contributed by atoms with E-state index in [0.717, 1.165) is 25.8 Å². The number of carbonyl (C=O) groups is 2. The first-order valence-electron chi connectivity index (χ1n) is 6.60. The summed E-state index contributed by atoms with van der Waals surface area (Å²) in [7, 11) is 0. The van der Waals surface area contributed by atoms with Crippen LogP contribution in [-0.4, -0.2) is 37.5 Å². The molecule has 0 aromatic carbocycles. The average Bonchev–Trinajstić information content (AvgIpc) is 2.98. The van der Waals surface area contributed by atoms with Gasteiger partial charge in [-0.2, -0.15) is 0 Å². The molecule has 1 aliphatic heterocycles. The molecule has 1 unspecified atom stereocenters. The fraction of sp³-hybridized carbons (Fsp3) is 0.538. The first-order chi connectivity index (χ1) is 9.27. The van der Waals surface area contributed by atoms with Crippen molar-refractivity contribution in [1.82, 2.24) is 16.0 Å². The lowest BCUT2D eigenvalue weighted by molar-refractivity contribution is -0.123. The Morgan fingerprint density at radius 1 is 1.32 bits per heavy atom. The average molecular weight is 265 g/mol. The van der Waals surface area contributed by atoms with E-state index in [0.29, 0.717) is 13.1 Å². The van der Waals surface area contributed by atoms with Crippen LogP contribution >= 0.6 is 0 Å². The van der Waals surface area contributed by atoms with Gasteiger partial charge >= 0.3 is 0 Å². The van der Waals surface area contributed by atoms with Crippen LogP contribution in [0.4, 0.5) is 0 Å². The van der Waals surface area contributed by atoms with Crippen molar-refractivity contribution in [2.75, 3.05) is 19.6 Å². The molecule has 1 aromatic heterocycles. The van der Waals surface area contributed by atoms with E-state index in [9.17, 15) is 9.59 Å². The van der Waals surface area contributed by atoms with Crippen LogP contribution in [-0.2, 0) is 4.79 Å². The van der Waals surface area contributed by atoms with Gasteiger partial charge in [0, 0.05) is 13.1 Å². The Hall–Kier alpha value is -1.82. The van der Waals surface area contributed by atoms with Crippen LogP contribution in [0, 0.1) is 0 Å². The van der Waals surface area contributed by atoms with Gasteiger partial charge in [-0.1, -0.05) is 6.42 Å². The number of hydrogen-bond acceptors (Lipinski definition) is 4. The first kappa shape index (κ1) is 13.6. The Morgan fingerprint density at radius 3 is 2.84 bits per heavy atom. The quantitative estimate of drug-likeness (QED) is 0.667. The Kier molecular flexibility index (Phi) is 4.97. The lowest BCUT2D eigenvalue weighted by Gasteiger charge is -2.22. The van der Waals surface area contributed by atoms with Gasteiger partial charge in [-0.25, -0.2) is 0 Å². The summed E-state index contributed by atoms with van der Waals surface area (Å²) in [5, 5.41) is 8.66. The van der Waals surface area contributed by atoms with Crippen LogP contribution in [0.2, 0.25) is 0 Å². The number of carbonyl (C=O) groups excluding carboxylic acids is 2. The molecule has 6 nitrogen and oxygen atoms in total. The zero-order chi connectivity index (χ0) is 13.5. The summed E-state index contributed by atoms with van der Waals surface area (Å²) < 4.78 is 4.96. The van der Waals surface area contributed by atoms with Crippen LogP contribution in [0.3, 0.4) is 0 Å². The van der Waals surface area contributed by atoms with Crippen molar-refractivity contribution >= 4 is 11.8 Å². The first-order valence-corrected chi connectivity index (χ1v) is 6.60. The largest absolute Gasteiger partial charge is 0.459 e. The van der Waals surface area contributed by atoms with E-state index in [1.165, 1.54) is 6.26 Å². The SMILES string of the molecule is O=C(NCCNC(=O)C1CCCCN1)c1ccco1. The Balaban J connectivity index is 1.61. The summed E-state index contributed by atoms with van der Waals surface area (Å²) in [4.78, 5) is 23.3. The van der Waals surface area contributed by atoms with Gasteiger partial charge < -0.3 is 20.4 Å². The molecule has 0 radical (unpaired) electrons. The molecule has 104 valence electrons.